The van der Waals surface area contributed by atoms with Gasteiger partial charge in [-0.25, -0.2) is 0 Å². The Bertz CT molecular complexity index is 375. The average Bonchev–Trinajstić information content (AvgIpc) is 2.19. The van der Waals surface area contributed by atoms with Crippen LogP contribution in [0.15, 0.2) is 24.3 Å². The number of anilines is 1. The minimum Gasteiger partial charge on any atom is -0.406 e. The Morgan fingerprint density at radius 1 is 1.29 bits per heavy atom. The van der Waals surface area contributed by atoms with Gasteiger partial charge in [0.25, 0.3) is 0 Å². The first-order valence-electron chi connectivity index (χ1n) is 4.43. The highest BCUT2D eigenvalue weighted by atomic mass is 19.4. The summed E-state index contributed by atoms with van der Waals surface area (Å²) in [5.74, 6) is -0.812. The molecule has 4 nitrogen and oxygen atoms in total. The molecule has 0 atom stereocenters. The topological polar surface area (TPSA) is 47.6 Å². The van der Waals surface area contributed by atoms with E-state index in [9.17, 15) is 18.0 Å². The van der Waals surface area contributed by atoms with Crippen LogP contribution in [0.25, 0.3) is 0 Å². The number of hydrogen-bond acceptors (Lipinski definition) is 3. The molecule has 0 aliphatic carbocycles. The molecule has 0 unspecified atom stereocenters. The first-order valence-corrected chi connectivity index (χ1v) is 4.43. The van der Waals surface area contributed by atoms with Gasteiger partial charge in [0.15, 0.2) is 0 Å². The van der Waals surface area contributed by atoms with Crippen molar-refractivity contribution in [3.63, 3.8) is 0 Å². The summed E-state index contributed by atoms with van der Waals surface area (Å²) in [5, 5.41) is 2.39. The minimum absolute atomic E-state index is 0.235. The Morgan fingerprint density at radius 3 is 2.35 bits per heavy atom. The molecule has 0 saturated heterocycles. The molecule has 0 aliphatic heterocycles. The van der Waals surface area contributed by atoms with E-state index in [2.05, 4.69) is 21.9 Å². The maximum atomic E-state index is 11.8. The van der Waals surface area contributed by atoms with Gasteiger partial charge in [0.1, 0.15) is 12.4 Å². The van der Waals surface area contributed by atoms with Crippen LogP contribution in [0.3, 0.4) is 0 Å². The van der Waals surface area contributed by atoms with Gasteiger partial charge in [-0.1, -0.05) is 0 Å². The van der Waals surface area contributed by atoms with E-state index in [-0.39, 0.29) is 12.4 Å². The fraction of sp³-hybridized carbons (Fsp3) is 0.200. The van der Waals surface area contributed by atoms with E-state index < -0.39 is 12.3 Å². The number of nitrogens with one attached hydrogen (secondary N) is 1. The summed E-state index contributed by atoms with van der Waals surface area (Å²) in [5.41, 5.74) is 0.335. The Hall–Kier alpha value is -1.76. The second kappa shape index (κ2) is 5.53. The number of hydrogen-bond donors (Lipinski definition) is 1. The number of halogens is 3. The van der Waals surface area contributed by atoms with Crippen LogP contribution >= 0.6 is 0 Å². The maximum Gasteiger partial charge on any atom is 0.573 e. The Labute approximate surface area is 95.3 Å². The third-order valence-corrected chi connectivity index (χ3v) is 1.60. The zero-order valence-electron chi connectivity index (χ0n) is 8.58. The fourth-order valence-corrected chi connectivity index (χ4v) is 1.03. The molecule has 1 rings (SSSR count). The van der Waals surface area contributed by atoms with E-state index in [1.807, 2.05) is 0 Å². The summed E-state index contributed by atoms with van der Waals surface area (Å²) < 4.78 is 43.5. The molecule has 93 valence electrons. The molecule has 1 aromatic carbocycles. The third-order valence-electron chi connectivity index (χ3n) is 1.60. The number of ether oxygens (including phenoxy) is 2. The lowest BCUT2D eigenvalue weighted by Gasteiger charge is -2.09. The van der Waals surface area contributed by atoms with Gasteiger partial charge in [-0.05, 0) is 24.3 Å². The first kappa shape index (κ1) is 13.3. The summed E-state index contributed by atoms with van der Waals surface area (Å²) in [6.45, 7) is -0.235. The molecule has 0 spiro atoms. The van der Waals surface area contributed by atoms with E-state index in [0.717, 1.165) is 12.1 Å². The predicted molar refractivity (Wildman–Crippen MR) is 53.1 cm³/mol. The Balaban J connectivity index is 2.59. The van der Waals surface area contributed by atoms with Crippen LogP contribution < -0.4 is 10.1 Å². The van der Waals surface area contributed by atoms with Crippen LogP contribution in [0.1, 0.15) is 0 Å². The van der Waals surface area contributed by atoms with Crippen LogP contribution in [0.4, 0.5) is 18.9 Å². The molecule has 1 radical (unpaired) electrons. The van der Waals surface area contributed by atoms with Gasteiger partial charge in [0.05, 0.1) is 7.11 Å². The van der Waals surface area contributed by atoms with Crippen molar-refractivity contribution in [3.05, 3.63) is 31.4 Å². The van der Waals surface area contributed by atoms with Crippen molar-refractivity contribution < 1.29 is 27.4 Å². The predicted octanol–water partition coefficient (Wildman–Crippen LogP) is 2.33. The van der Waals surface area contributed by atoms with Gasteiger partial charge in [0, 0.05) is 5.69 Å². The molecule has 0 aromatic heterocycles. The molecule has 0 bridgehead atoms. The SMILES string of the molecule is [CH2]OCC(=O)Nc1ccc(OC(F)(F)F)cc1. The number of rotatable bonds is 4. The molecule has 7 heteroatoms. The van der Waals surface area contributed by atoms with Crippen molar-refractivity contribution in [1.82, 2.24) is 0 Å². The van der Waals surface area contributed by atoms with Crippen molar-refractivity contribution in [2.24, 2.45) is 0 Å². The molecule has 17 heavy (non-hydrogen) atoms. The van der Waals surface area contributed by atoms with Crippen LogP contribution in [0.5, 0.6) is 5.75 Å². The molecule has 0 aliphatic rings. The van der Waals surface area contributed by atoms with E-state index in [4.69, 9.17) is 0 Å². The fourth-order valence-electron chi connectivity index (χ4n) is 1.03. The molecular formula is C10H9F3NO3. The van der Waals surface area contributed by atoms with Gasteiger partial charge in [-0.2, -0.15) is 0 Å². The molecule has 0 fully saturated rings. The summed E-state index contributed by atoms with van der Waals surface area (Å²) in [6, 6.07) is 4.74. The third kappa shape index (κ3) is 5.21. The van der Waals surface area contributed by atoms with Crippen molar-refractivity contribution in [2.45, 2.75) is 6.36 Å². The number of carbonyl (C=O) groups is 1. The van der Waals surface area contributed by atoms with Crippen molar-refractivity contribution in [2.75, 3.05) is 11.9 Å². The summed E-state index contributed by atoms with van der Waals surface area (Å²) in [4.78, 5) is 11.0. The van der Waals surface area contributed by atoms with Crippen LogP contribution in [0, 0.1) is 7.11 Å². The van der Waals surface area contributed by atoms with Crippen LogP contribution in [-0.2, 0) is 9.53 Å². The molecular weight excluding hydrogens is 239 g/mol. The van der Waals surface area contributed by atoms with Gasteiger partial charge >= 0.3 is 6.36 Å². The summed E-state index contributed by atoms with van der Waals surface area (Å²) in [6.07, 6.45) is -4.73. The number of benzene rings is 1. The van der Waals surface area contributed by atoms with Gasteiger partial charge in [-0.15, -0.1) is 13.2 Å². The molecule has 0 heterocycles. The molecule has 1 aromatic rings. The first-order chi connectivity index (χ1) is 7.90. The standard InChI is InChI=1S/C10H9F3NO3/c1-16-6-9(15)14-7-2-4-8(5-3-7)17-10(11,12)13/h2-5H,1,6H2,(H,14,15). The quantitative estimate of drug-likeness (QED) is 0.889. The van der Waals surface area contributed by atoms with E-state index in [0.29, 0.717) is 5.69 Å². The number of alkyl halides is 3. The van der Waals surface area contributed by atoms with E-state index >= 15 is 0 Å². The minimum atomic E-state index is -4.73. The van der Waals surface area contributed by atoms with Gasteiger partial charge in [-0.3, -0.25) is 4.79 Å². The van der Waals surface area contributed by atoms with Gasteiger partial charge in [0.2, 0.25) is 5.91 Å². The molecule has 1 N–H and O–H groups in total. The number of carbonyl (C=O) groups excluding carboxylic acids is 1. The number of amides is 1. The summed E-state index contributed by atoms with van der Waals surface area (Å²) >= 11 is 0. The van der Waals surface area contributed by atoms with E-state index in [1.165, 1.54) is 12.1 Å². The molecule has 1 amide bonds. The van der Waals surface area contributed by atoms with E-state index in [1.54, 1.807) is 0 Å². The van der Waals surface area contributed by atoms with Crippen LogP contribution in [0.2, 0.25) is 0 Å². The van der Waals surface area contributed by atoms with Crippen LogP contribution in [-0.4, -0.2) is 18.9 Å². The lowest BCUT2D eigenvalue weighted by Crippen LogP contribution is -2.18. The second-order valence-corrected chi connectivity index (χ2v) is 2.97. The zero-order chi connectivity index (χ0) is 12.9. The van der Waals surface area contributed by atoms with Crippen molar-refractivity contribution in [3.8, 4) is 5.75 Å². The normalized spacial score (nSPS) is 11.1. The highest BCUT2D eigenvalue weighted by Crippen LogP contribution is 2.23. The highest BCUT2D eigenvalue weighted by molar-refractivity contribution is 5.91. The molecule has 0 saturated carbocycles. The largest absolute Gasteiger partial charge is 0.573 e. The second-order valence-electron chi connectivity index (χ2n) is 2.97. The van der Waals surface area contributed by atoms with Crippen molar-refractivity contribution in [1.29, 1.82) is 0 Å². The highest BCUT2D eigenvalue weighted by Gasteiger charge is 2.30. The maximum absolute atomic E-state index is 11.8. The smallest absolute Gasteiger partial charge is 0.406 e. The Kier molecular flexibility index (Phi) is 4.33. The van der Waals surface area contributed by atoms with Crippen molar-refractivity contribution >= 4 is 11.6 Å². The monoisotopic (exact) mass is 248 g/mol. The lowest BCUT2D eigenvalue weighted by atomic mass is 10.3. The van der Waals surface area contributed by atoms with Gasteiger partial charge < -0.3 is 14.8 Å². The average molecular weight is 248 g/mol. The summed E-state index contributed by atoms with van der Waals surface area (Å²) in [7, 11) is 3.02. The zero-order valence-corrected chi connectivity index (χ0v) is 8.58. The lowest BCUT2D eigenvalue weighted by molar-refractivity contribution is -0.274. The Morgan fingerprint density at radius 2 is 1.88 bits per heavy atom.